The highest BCUT2D eigenvalue weighted by atomic mass is 35.5. The third kappa shape index (κ3) is 3.12. The van der Waals surface area contributed by atoms with Gasteiger partial charge in [-0.2, -0.15) is 0 Å². The van der Waals surface area contributed by atoms with Gasteiger partial charge >= 0.3 is 0 Å². The van der Waals surface area contributed by atoms with Crippen LogP contribution in [0.4, 0.5) is 15.9 Å². The van der Waals surface area contributed by atoms with Crippen molar-refractivity contribution < 1.29 is 12.8 Å². The van der Waals surface area contributed by atoms with Crippen molar-refractivity contribution in [3.63, 3.8) is 0 Å². The van der Waals surface area contributed by atoms with E-state index < -0.39 is 20.7 Å². The molecule has 1 heterocycles. The summed E-state index contributed by atoms with van der Waals surface area (Å²) in [5, 5.41) is 0.363. The predicted molar refractivity (Wildman–Crippen MR) is 70.9 cm³/mol. The zero-order chi connectivity index (χ0) is 14.0. The second kappa shape index (κ2) is 5.02. The van der Waals surface area contributed by atoms with Gasteiger partial charge in [0.25, 0.3) is 10.0 Å². The normalized spacial score (nSPS) is 11.3. The Morgan fingerprint density at radius 2 is 2.00 bits per heavy atom. The first kappa shape index (κ1) is 13.6. The first-order valence-corrected chi connectivity index (χ1v) is 6.94. The summed E-state index contributed by atoms with van der Waals surface area (Å²) in [7, 11) is -4.06. The number of hydrogen-bond donors (Lipinski definition) is 2. The van der Waals surface area contributed by atoms with Gasteiger partial charge in [-0.3, -0.25) is 4.72 Å². The minimum Gasteiger partial charge on any atom is -0.399 e. The fourth-order valence-electron chi connectivity index (χ4n) is 1.36. The van der Waals surface area contributed by atoms with Gasteiger partial charge in [-0.15, -0.1) is 0 Å². The lowest BCUT2D eigenvalue weighted by molar-refractivity contribution is 0.570. The van der Waals surface area contributed by atoms with E-state index in [0.29, 0.717) is 5.02 Å². The summed E-state index contributed by atoms with van der Waals surface area (Å²) in [6.45, 7) is 0. The van der Waals surface area contributed by atoms with Crippen molar-refractivity contribution in [1.29, 1.82) is 0 Å². The third-order valence-corrected chi connectivity index (χ3v) is 3.82. The van der Waals surface area contributed by atoms with Crippen LogP contribution in [0.5, 0.6) is 0 Å². The summed E-state index contributed by atoms with van der Waals surface area (Å²) < 4.78 is 39.6. The molecule has 0 fully saturated rings. The Morgan fingerprint density at radius 3 is 2.58 bits per heavy atom. The molecule has 3 N–H and O–H groups in total. The summed E-state index contributed by atoms with van der Waals surface area (Å²) in [6, 6.07) is 6.15. The van der Waals surface area contributed by atoms with Gasteiger partial charge < -0.3 is 5.73 Å². The number of aromatic nitrogens is 1. The molecule has 0 saturated carbocycles. The molecule has 100 valence electrons. The number of benzene rings is 1. The molecule has 2 rings (SSSR count). The van der Waals surface area contributed by atoms with E-state index in [2.05, 4.69) is 9.71 Å². The molecule has 8 heteroatoms. The topological polar surface area (TPSA) is 85.1 Å². The van der Waals surface area contributed by atoms with E-state index >= 15 is 0 Å². The van der Waals surface area contributed by atoms with Gasteiger partial charge in [-0.1, -0.05) is 11.6 Å². The smallest absolute Gasteiger partial charge is 0.265 e. The predicted octanol–water partition coefficient (Wildman–Crippen LogP) is 2.26. The maximum absolute atomic E-state index is 13.6. The van der Waals surface area contributed by atoms with Crippen LogP contribution in [0.1, 0.15) is 0 Å². The Kier molecular flexibility index (Phi) is 3.59. The van der Waals surface area contributed by atoms with E-state index in [4.69, 9.17) is 17.3 Å². The number of anilines is 2. The van der Waals surface area contributed by atoms with Crippen molar-refractivity contribution >= 4 is 33.1 Å². The van der Waals surface area contributed by atoms with Crippen molar-refractivity contribution in [1.82, 2.24) is 4.98 Å². The monoisotopic (exact) mass is 301 g/mol. The minimum absolute atomic E-state index is 0.0422. The number of sulfonamides is 1. The highest BCUT2D eigenvalue weighted by molar-refractivity contribution is 7.92. The Morgan fingerprint density at radius 1 is 1.26 bits per heavy atom. The second-order valence-corrected chi connectivity index (χ2v) is 5.74. The van der Waals surface area contributed by atoms with Gasteiger partial charge in [0.05, 0.1) is 5.02 Å². The van der Waals surface area contributed by atoms with Crippen LogP contribution in [0.25, 0.3) is 0 Å². The molecular formula is C11H9ClFN3O2S. The summed E-state index contributed by atoms with van der Waals surface area (Å²) in [5.41, 5.74) is 5.50. The highest BCUT2D eigenvalue weighted by Crippen LogP contribution is 2.20. The number of halogens is 2. The zero-order valence-corrected chi connectivity index (χ0v) is 11.0. The molecule has 19 heavy (non-hydrogen) atoms. The van der Waals surface area contributed by atoms with E-state index in [-0.39, 0.29) is 11.5 Å². The number of nitrogens with two attached hydrogens (primary N) is 1. The van der Waals surface area contributed by atoms with Gasteiger partial charge in [-0.05, 0) is 30.3 Å². The van der Waals surface area contributed by atoms with Crippen molar-refractivity contribution in [3.8, 4) is 0 Å². The SMILES string of the molecule is Nc1ccc(S(=O)(=O)Nc2ccc(Cl)cn2)c(F)c1. The van der Waals surface area contributed by atoms with E-state index in [9.17, 15) is 12.8 Å². The molecule has 5 nitrogen and oxygen atoms in total. The molecule has 0 aliphatic rings. The largest absolute Gasteiger partial charge is 0.399 e. The molecule has 0 amide bonds. The molecule has 0 atom stereocenters. The van der Waals surface area contributed by atoms with Gasteiger partial charge in [0, 0.05) is 11.9 Å². The number of nitrogens with one attached hydrogen (secondary N) is 1. The molecule has 0 aliphatic heterocycles. The standard InChI is InChI=1S/C11H9ClFN3O2S/c12-7-1-4-11(15-6-7)16-19(17,18)10-3-2-8(14)5-9(10)13/h1-6H,14H2,(H,15,16). The molecule has 0 bridgehead atoms. The first-order chi connectivity index (χ1) is 8.88. The van der Waals surface area contributed by atoms with Crippen molar-refractivity contribution in [3.05, 3.63) is 47.4 Å². The van der Waals surface area contributed by atoms with Gasteiger partial charge in [0.2, 0.25) is 0 Å². The van der Waals surface area contributed by atoms with E-state index in [0.717, 1.165) is 12.1 Å². The van der Waals surface area contributed by atoms with Crippen LogP contribution >= 0.6 is 11.6 Å². The molecule has 0 radical (unpaired) electrons. The zero-order valence-electron chi connectivity index (χ0n) is 9.47. The fourth-order valence-corrected chi connectivity index (χ4v) is 2.54. The summed E-state index contributed by atoms with van der Waals surface area (Å²) >= 11 is 5.63. The molecule has 1 aromatic heterocycles. The summed E-state index contributed by atoms with van der Waals surface area (Å²) in [6.07, 6.45) is 1.28. The van der Waals surface area contributed by atoms with E-state index in [1.54, 1.807) is 0 Å². The minimum atomic E-state index is -4.06. The van der Waals surface area contributed by atoms with E-state index in [1.807, 2.05) is 0 Å². The molecular weight excluding hydrogens is 293 g/mol. The lowest BCUT2D eigenvalue weighted by Gasteiger charge is -2.08. The van der Waals surface area contributed by atoms with Crippen LogP contribution in [0.2, 0.25) is 5.02 Å². The van der Waals surface area contributed by atoms with Crippen molar-refractivity contribution in [2.75, 3.05) is 10.5 Å². The number of nitrogens with zero attached hydrogens (tertiary/aromatic N) is 1. The Balaban J connectivity index is 2.35. The average Bonchev–Trinajstić information content (AvgIpc) is 2.31. The fraction of sp³-hybridized carbons (Fsp3) is 0. The third-order valence-electron chi connectivity index (χ3n) is 2.21. The van der Waals surface area contributed by atoms with Crippen LogP contribution in [-0.2, 0) is 10.0 Å². The van der Waals surface area contributed by atoms with Crippen LogP contribution in [0.3, 0.4) is 0 Å². The van der Waals surface area contributed by atoms with Gasteiger partial charge in [0.15, 0.2) is 0 Å². The van der Waals surface area contributed by atoms with Crippen LogP contribution in [0, 0.1) is 5.82 Å². The second-order valence-electron chi connectivity index (χ2n) is 3.66. The quantitative estimate of drug-likeness (QED) is 0.852. The van der Waals surface area contributed by atoms with Crippen molar-refractivity contribution in [2.45, 2.75) is 4.90 Å². The highest BCUT2D eigenvalue weighted by Gasteiger charge is 2.19. The number of hydrogen-bond acceptors (Lipinski definition) is 4. The number of rotatable bonds is 3. The summed E-state index contributed by atoms with van der Waals surface area (Å²) in [5.74, 6) is -0.887. The Hall–Kier alpha value is -1.86. The van der Waals surface area contributed by atoms with Gasteiger partial charge in [-0.25, -0.2) is 17.8 Å². The van der Waals surface area contributed by atoms with Crippen LogP contribution in [-0.4, -0.2) is 13.4 Å². The average molecular weight is 302 g/mol. The van der Waals surface area contributed by atoms with Crippen LogP contribution < -0.4 is 10.5 Å². The Labute approximate surface area is 114 Å². The number of nitrogen functional groups attached to an aromatic ring is 1. The molecule has 0 spiro atoms. The maximum atomic E-state index is 13.6. The van der Waals surface area contributed by atoms with Gasteiger partial charge in [0.1, 0.15) is 16.5 Å². The maximum Gasteiger partial charge on any atom is 0.265 e. The lowest BCUT2D eigenvalue weighted by Crippen LogP contribution is -2.15. The molecule has 0 aliphatic carbocycles. The van der Waals surface area contributed by atoms with Crippen molar-refractivity contribution in [2.24, 2.45) is 0 Å². The number of pyridine rings is 1. The van der Waals surface area contributed by atoms with Crippen LogP contribution in [0.15, 0.2) is 41.4 Å². The summed E-state index contributed by atoms with van der Waals surface area (Å²) in [4.78, 5) is 3.27. The Bertz CT molecular complexity index is 704. The lowest BCUT2D eigenvalue weighted by atomic mass is 10.3. The molecule has 1 aromatic carbocycles. The molecule has 0 unspecified atom stereocenters. The molecule has 0 saturated heterocycles. The molecule has 2 aromatic rings. The van der Waals surface area contributed by atoms with E-state index in [1.165, 1.54) is 24.4 Å². The first-order valence-electron chi connectivity index (χ1n) is 5.08.